The predicted molar refractivity (Wildman–Crippen MR) is 99.9 cm³/mol. The van der Waals surface area contributed by atoms with Gasteiger partial charge in [-0.2, -0.15) is 0 Å². The van der Waals surface area contributed by atoms with Crippen molar-refractivity contribution < 1.29 is 19.1 Å². The van der Waals surface area contributed by atoms with Gasteiger partial charge in [-0.1, -0.05) is 23.8 Å². The van der Waals surface area contributed by atoms with E-state index in [9.17, 15) is 9.59 Å². The lowest BCUT2D eigenvalue weighted by molar-refractivity contribution is -0.148. The number of esters is 1. The molecule has 0 N–H and O–H groups in total. The van der Waals surface area contributed by atoms with Crippen molar-refractivity contribution in [3.8, 4) is 0 Å². The summed E-state index contributed by atoms with van der Waals surface area (Å²) in [4.78, 5) is 28.6. The molecule has 8 nitrogen and oxygen atoms in total. The molecule has 1 fully saturated rings. The maximum Gasteiger partial charge on any atom is 0.308 e. The van der Waals surface area contributed by atoms with Crippen LogP contribution in [0.3, 0.4) is 0 Å². The van der Waals surface area contributed by atoms with Crippen LogP contribution in [0.25, 0.3) is 10.4 Å². The summed E-state index contributed by atoms with van der Waals surface area (Å²) >= 11 is 6.48. The van der Waals surface area contributed by atoms with E-state index in [4.69, 9.17) is 27.2 Å². The average molecular weight is 389 g/mol. The van der Waals surface area contributed by atoms with E-state index in [0.717, 1.165) is 6.42 Å². The van der Waals surface area contributed by atoms with Gasteiger partial charge >= 0.3 is 5.97 Å². The van der Waals surface area contributed by atoms with Crippen LogP contribution >= 0.6 is 24.0 Å². The molecule has 10 heteroatoms. The number of azide groups is 1. The Morgan fingerprint density at radius 2 is 2.28 bits per heavy atom. The number of carbonyl (C=O) groups excluding carboxylic acids is 2. The molecule has 0 radical (unpaired) electrons. The fourth-order valence-electron chi connectivity index (χ4n) is 2.37. The number of rotatable bonds is 10. The number of thiocarbonyl (C=S) groups is 1. The molecular weight excluding hydrogens is 364 g/mol. The summed E-state index contributed by atoms with van der Waals surface area (Å²) in [6, 6.07) is 0. The summed E-state index contributed by atoms with van der Waals surface area (Å²) in [5.41, 5.74) is 8.19. The number of thioether (sulfide) groups is 1. The van der Waals surface area contributed by atoms with Gasteiger partial charge in [-0.15, -0.1) is 0 Å². The van der Waals surface area contributed by atoms with Gasteiger partial charge in [0, 0.05) is 24.4 Å². The lowest BCUT2D eigenvalue weighted by atomic mass is 10.1. The molecule has 2 unspecified atom stereocenters. The number of amides is 1. The average Bonchev–Trinajstić information content (AvgIpc) is 3.00. The van der Waals surface area contributed by atoms with E-state index < -0.39 is 0 Å². The Morgan fingerprint density at radius 3 is 2.88 bits per heavy atom. The molecule has 2 atom stereocenters. The molecule has 140 valence electrons. The molecule has 1 amide bonds. The number of likely N-dealkylation sites (tertiary alicyclic amines) is 1. The first-order valence-corrected chi connectivity index (χ1v) is 9.58. The van der Waals surface area contributed by atoms with Gasteiger partial charge in [-0.05, 0) is 43.9 Å². The standard InChI is InChI=1S/C15H24N4O4S2/c1-3-22-15(24)25-13(19-8-4-6-12(19)20)10-11(2)14(21)23-9-5-7-17-18-16/h11,13H,3-10H2,1-2H3. The summed E-state index contributed by atoms with van der Waals surface area (Å²) < 4.78 is 10.9. The SMILES string of the molecule is CCOC(=S)SC(CC(C)C(=O)OCCCN=[N+]=[N-])N1CCCC1=O. The van der Waals surface area contributed by atoms with Crippen molar-refractivity contribution in [3.63, 3.8) is 0 Å². The van der Waals surface area contributed by atoms with Crippen molar-refractivity contribution in [3.05, 3.63) is 10.4 Å². The molecule has 1 heterocycles. The molecule has 0 spiro atoms. The second-order valence-electron chi connectivity index (χ2n) is 5.56. The van der Waals surface area contributed by atoms with E-state index in [0.29, 0.717) is 43.3 Å². The third kappa shape index (κ3) is 7.94. The van der Waals surface area contributed by atoms with Crippen molar-refractivity contribution in [1.82, 2.24) is 4.90 Å². The molecule has 25 heavy (non-hydrogen) atoms. The lowest BCUT2D eigenvalue weighted by Gasteiger charge is -2.28. The molecule has 0 aromatic carbocycles. The second-order valence-corrected chi connectivity index (χ2v) is 7.34. The van der Waals surface area contributed by atoms with Crippen LogP contribution in [0.1, 0.15) is 39.5 Å². The summed E-state index contributed by atoms with van der Waals surface area (Å²) in [5.74, 6) is -0.637. The van der Waals surface area contributed by atoms with Crippen molar-refractivity contribution >= 4 is 40.2 Å². The van der Waals surface area contributed by atoms with Gasteiger partial charge in [0.15, 0.2) is 0 Å². The summed E-state index contributed by atoms with van der Waals surface area (Å²) in [7, 11) is 0. The smallest absolute Gasteiger partial charge is 0.308 e. The quantitative estimate of drug-likeness (QED) is 0.142. The molecule has 0 saturated carbocycles. The number of hydrogen-bond acceptors (Lipinski definition) is 7. The van der Waals surface area contributed by atoms with E-state index >= 15 is 0 Å². The molecular formula is C15H24N4O4S2. The van der Waals surface area contributed by atoms with Crippen LogP contribution in [-0.4, -0.2) is 52.8 Å². The molecule has 1 saturated heterocycles. The summed E-state index contributed by atoms with van der Waals surface area (Å²) in [6.45, 7) is 5.25. The first kappa shape index (κ1) is 21.5. The third-order valence-corrected chi connectivity index (χ3v) is 5.06. The monoisotopic (exact) mass is 388 g/mol. The maximum atomic E-state index is 12.1. The summed E-state index contributed by atoms with van der Waals surface area (Å²) in [6.07, 6.45) is 2.27. The number of nitrogens with zero attached hydrogens (tertiary/aromatic N) is 4. The topological polar surface area (TPSA) is 105 Å². The van der Waals surface area contributed by atoms with Crippen molar-refractivity contribution in [2.45, 2.75) is 44.9 Å². The van der Waals surface area contributed by atoms with Crippen molar-refractivity contribution in [1.29, 1.82) is 0 Å². The minimum Gasteiger partial charge on any atom is -0.479 e. The zero-order valence-corrected chi connectivity index (χ0v) is 16.2. The van der Waals surface area contributed by atoms with Crippen LogP contribution in [-0.2, 0) is 19.1 Å². The lowest BCUT2D eigenvalue weighted by Crippen LogP contribution is -2.37. The van der Waals surface area contributed by atoms with Crippen LogP contribution in [0.2, 0.25) is 0 Å². The first-order chi connectivity index (χ1) is 12.0. The molecule has 1 rings (SSSR count). The zero-order valence-electron chi connectivity index (χ0n) is 14.5. The molecule has 0 aromatic heterocycles. The van der Waals surface area contributed by atoms with Crippen LogP contribution in [0.4, 0.5) is 0 Å². The highest BCUT2D eigenvalue weighted by atomic mass is 32.2. The third-order valence-electron chi connectivity index (χ3n) is 3.62. The van der Waals surface area contributed by atoms with E-state index in [1.165, 1.54) is 11.8 Å². The van der Waals surface area contributed by atoms with E-state index in [2.05, 4.69) is 10.0 Å². The first-order valence-electron chi connectivity index (χ1n) is 8.30. The Morgan fingerprint density at radius 1 is 1.52 bits per heavy atom. The van der Waals surface area contributed by atoms with Crippen LogP contribution in [0, 0.1) is 5.92 Å². The minimum absolute atomic E-state index is 0.0757. The van der Waals surface area contributed by atoms with E-state index in [-0.39, 0.29) is 29.8 Å². The molecule has 1 aliphatic heterocycles. The highest BCUT2D eigenvalue weighted by Crippen LogP contribution is 2.29. The molecule has 1 aliphatic rings. The number of ether oxygens (including phenoxy) is 2. The molecule has 0 aliphatic carbocycles. The van der Waals surface area contributed by atoms with Crippen LogP contribution in [0.15, 0.2) is 5.11 Å². The predicted octanol–water partition coefficient (Wildman–Crippen LogP) is 3.26. The number of carbonyl (C=O) groups is 2. The second kappa shape index (κ2) is 11.9. The van der Waals surface area contributed by atoms with Gasteiger partial charge < -0.3 is 14.4 Å². The van der Waals surface area contributed by atoms with Crippen molar-refractivity contribution in [2.75, 3.05) is 26.3 Å². The largest absolute Gasteiger partial charge is 0.479 e. The van der Waals surface area contributed by atoms with E-state index in [1.54, 1.807) is 11.8 Å². The van der Waals surface area contributed by atoms with E-state index in [1.807, 2.05) is 6.92 Å². The Labute approximate surface area is 157 Å². The maximum absolute atomic E-state index is 12.1. The van der Waals surface area contributed by atoms with Crippen molar-refractivity contribution in [2.24, 2.45) is 11.0 Å². The Balaban J connectivity index is 2.56. The Hall–Kier alpha value is -1.51. The number of hydrogen-bond donors (Lipinski definition) is 0. The van der Waals surface area contributed by atoms with Gasteiger partial charge in [0.05, 0.1) is 24.5 Å². The van der Waals surface area contributed by atoms with Gasteiger partial charge in [0.2, 0.25) is 10.3 Å². The Kier molecular flexibility index (Phi) is 10.3. The van der Waals surface area contributed by atoms with Gasteiger partial charge in [0.25, 0.3) is 0 Å². The van der Waals surface area contributed by atoms with Gasteiger partial charge in [-0.3, -0.25) is 9.59 Å². The fraction of sp³-hybridized carbons (Fsp3) is 0.800. The van der Waals surface area contributed by atoms with Gasteiger partial charge in [-0.25, -0.2) is 0 Å². The van der Waals surface area contributed by atoms with Crippen LogP contribution in [0.5, 0.6) is 0 Å². The molecule has 0 bridgehead atoms. The Bertz CT molecular complexity index is 526. The molecule has 0 aromatic rings. The van der Waals surface area contributed by atoms with Gasteiger partial charge in [0.1, 0.15) is 0 Å². The summed E-state index contributed by atoms with van der Waals surface area (Å²) in [5, 5.41) is 3.15. The zero-order chi connectivity index (χ0) is 18.7. The fourth-order valence-corrected chi connectivity index (χ4v) is 3.96. The highest BCUT2D eigenvalue weighted by molar-refractivity contribution is 8.23. The normalized spacial score (nSPS) is 16.1. The highest BCUT2D eigenvalue weighted by Gasteiger charge is 2.32. The minimum atomic E-state index is -0.380. The van der Waals surface area contributed by atoms with Crippen LogP contribution < -0.4 is 0 Å².